The number of furan rings is 1. The summed E-state index contributed by atoms with van der Waals surface area (Å²) in [6.07, 6.45) is 1.61. The monoisotopic (exact) mass is 234 g/mol. The predicted molar refractivity (Wildman–Crippen MR) is 65.1 cm³/mol. The zero-order valence-electron chi connectivity index (χ0n) is 9.69. The van der Waals surface area contributed by atoms with Crippen molar-refractivity contribution in [1.82, 2.24) is 0 Å². The highest BCUT2D eigenvalue weighted by Gasteiger charge is 2.13. The largest absolute Gasteiger partial charge is 0.467 e. The molecule has 0 aliphatic carbocycles. The molecule has 90 valence electrons. The maximum absolute atomic E-state index is 13.8. The van der Waals surface area contributed by atoms with E-state index in [1.165, 1.54) is 6.07 Å². The number of hydrogen-bond donors (Lipinski definition) is 1. The van der Waals surface area contributed by atoms with Crippen molar-refractivity contribution in [3.8, 4) is 0 Å². The highest BCUT2D eigenvalue weighted by molar-refractivity contribution is 5.54. The molecular formula is C13H15FN2O. The number of nitrogens with zero attached hydrogens (tertiary/aromatic N) is 1. The van der Waals surface area contributed by atoms with E-state index in [4.69, 9.17) is 10.2 Å². The third-order valence-electron chi connectivity index (χ3n) is 2.65. The Bertz CT molecular complexity index is 482. The number of para-hydroxylation sites is 1. The van der Waals surface area contributed by atoms with E-state index in [9.17, 15) is 4.39 Å². The van der Waals surface area contributed by atoms with Crippen molar-refractivity contribution in [2.24, 2.45) is 5.73 Å². The summed E-state index contributed by atoms with van der Waals surface area (Å²) >= 11 is 0. The molecule has 0 atom stereocenters. The van der Waals surface area contributed by atoms with Gasteiger partial charge in [-0.2, -0.15) is 0 Å². The molecule has 17 heavy (non-hydrogen) atoms. The molecule has 0 radical (unpaired) electrons. The molecule has 2 rings (SSSR count). The summed E-state index contributed by atoms with van der Waals surface area (Å²) < 4.78 is 19.0. The smallest absolute Gasteiger partial charge is 0.146 e. The summed E-state index contributed by atoms with van der Waals surface area (Å²) in [6, 6.07) is 8.61. The zero-order valence-corrected chi connectivity index (χ0v) is 9.69. The van der Waals surface area contributed by atoms with Crippen molar-refractivity contribution in [2.45, 2.75) is 13.1 Å². The van der Waals surface area contributed by atoms with Crippen LogP contribution >= 0.6 is 0 Å². The molecule has 0 aliphatic rings. The van der Waals surface area contributed by atoms with Crippen LogP contribution in [0.25, 0.3) is 0 Å². The summed E-state index contributed by atoms with van der Waals surface area (Å²) in [5.74, 6) is 0.528. The number of nitrogens with two attached hydrogens (primary N) is 1. The minimum atomic E-state index is -0.262. The van der Waals surface area contributed by atoms with Crippen LogP contribution in [-0.4, -0.2) is 7.05 Å². The molecule has 0 aliphatic heterocycles. The third kappa shape index (κ3) is 2.47. The molecule has 0 spiro atoms. The van der Waals surface area contributed by atoms with Crippen LogP contribution < -0.4 is 10.6 Å². The molecule has 1 heterocycles. The molecule has 2 aromatic rings. The minimum absolute atomic E-state index is 0.262. The lowest BCUT2D eigenvalue weighted by Gasteiger charge is -2.21. The Morgan fingerprint density at radius 2 is 2.12 bits per heavy atom. The number of anilines is 1. The molecule has 0 bridgehead atoms. The van der Waals surface area contributed by atoms with Gasteiger partial charge in [-0.1, -0.05) is 12.1 Å². The molecule has 3 nitrogen and oxygen atoms in total. The van der Waals surface area contributed by atoms with Gasteiger partial charge in [0.05, 0.1) is 18.5 Å². The second-order valence-electron chi connectivity index (χ2n) is 3.89. The van der Waals surface area contributed by atoms with E-state index in [2.05, 4.69) is 0 Å². The molecule has 0 saturated heterocycles. The maximum Gasteiger partial charge on any atom is 0.146 e. The van der Waals surface area contributed by atoms with E-state index in [0.29, 0.717) is 18.8 Å². The average molecular weight is 234 g/mol. The second kappa shape index (κ2) is 5.01. The summed E-state index contributed by atoms with van der Waals surface area (Å²) in [4.78, 5) is 1.80. The van der Waals surface area contributed by atoms with Crippen molar-refractivity contribution >= 4 is 5.69 Å². The molecule has 0 fully saturated rings. The van der Waals surface area contributed by atoms with Gasteiger partial charge in [0.1, 0.15) is 11.6 Å². The molecule has 4 heteroatoms. The van der Waals surface area contributed by atoms with Gasteiger partial charge in [-0.25, -0.2) is 4.39 Å². The number of hydrogen-bond acceptors (Lipinski definition) is 3. The predicted octanol–water partition coefficient (Wildman–Crippen LogP) is 2.51. The van der Waals surface area contributed by atoms with E-state index in [1.807, 2.05) is 25.2 Å². The summed E-state index contributed by atoms with van der Waals surface area (Å²) in [5.41, 5.74) is 6.94. The van der Waals surface area contributed by atoms with Crippen LogP contribution in [0.1, 0.15) is 11.3 Å². The fourth-order valence-electron chi connectivity index (χ4n) is 1.87. The third-order valence-corrected chi connectivity index (χ3v) is 2.65. The molecule has 0 amide bonds. The number of halogens is 1. The van der Waals surface area contributed by atoms with E-state index in [0.717, 1.165) is 11.3 Å². The van der Waals surface area contributed by atoms with Crippen LogP contribution in [0.5, 0.6) is 0 Å². The van der Waals surface area contributed by atoms with E-state index >= 15 is 0 Å². The van der Waals surface area contributed by atoms with Crippen LogP contribution in [0.4, 0.5) is 10.1 Å². The van der Waals surface area contributed by atoms with Crippen LogP contribution in [0.15, 0.2) is 41.0 Å². The van der Waals surface area contributed by atoms with Crippen LogP contribution in [-0.2, 0) is 13.1 Å². The fraction of sp³-hybridized carbons (Fsp3) is 0.231. The van der Waals surface area contributed by atoms with Crippen molar-refractivity contribution < 1.29 is 8.81 Å². The fourth-order valence-corrected chi connectivity index (χ4v) is 1.87. The summed E-state index contributed by atoms with van der Waals surface area (Å²) in [5, 5.41) is 0. The van der Waals surface area contributed by atoms with Gasteiger partial charge in [-0.3, -0.25) is 0 Å². The molecule has 2 N–H and O–H groups in total. The van der Waals surface area contributed by atoms with Crippen molar-refractivity contribution in [3.63, 3.8) is 0 Å². The van der Waals surface area contributed by atoms with Crippen molar-refractivity contribution in [1.29, 1.82) is 0 Å². The van der Waals surface area contributed by atoms with Gasteiger partial charge in [-0.05, 0) is 23.8 Å². The quantitative estimate of drug-likeness (QED) is 0.883. The Hall–Kier alpha value is -1.81. The topological polar surface area (TPSA) is 42.4 Å². The first-order valence-electron chi connectivity index (χ1n) is 5.43. The average Bonchev–Trinajstić information content (AvgIpc) is 2.81. The molecule has 1 aromatic heterocycles. The Morgan fingerprint density at radius 3 is 2.76 bits per heavy atom. The highest BCUT2D eigenvalue weighted by atomic mass is 19.1. The lowest BCUT2D eigenvalue weighted by atomic mass is 10.1. The minimum Gasteiger partial charge on any atom is -0.467 e. The second-order valence-corrected chi connectivity index (χ2v) is 3.89. The Balaban J connectivity index is 2.26. The molecular weight excluding hydrogens is 219 g/mol. The summed E-state index contributed by atoms with van der Waals surface area (Å²) in [6.45, 7) is 0.830. The Morgan fingerprint density at radius 1 is 1.29 bits per heavy atom. The Kier molecular flexibility index (Phi) is 3.44. The van der Waals surface area contributed by atoms with E-state index in [-0.39, 0.29) is 5.82 Å². The van der Waals surface area contributed by atoms with Gasteiger partial charge >= 0.3 is 0 Å². The van der Waals surface area contributed by atoms with Crippen LogP contribution in [0.3, 0.4) is 0 Å². The van der Waals surface area contributed by atoms with E-state index < -0.39 is 0 Å². The first kappa shape index (κ1) is 11.7. The van der Waals surface area contributed by atoms with Crippen molar-refractivity contribution in [3.05, 3.63) is 53.7 Å². The lowest BCUT2D eigenvalue weighted by molar-refractivity contribution is 0.505. The van der Waals surface area contributed by atoms with Gasteiger partial charge in [0.2, 0.25) is 0 Å². The number of benzene rings is 1. The molecule has 0 saturated carbocycles. The SMILES string of the molecule is CN(Cc1ccco1)c1c(F)cccc1CN. The van der Waals surface area contributed by atoms with Crippen LogP contribution in [0.2, 0.25) is 0 Å². The first-order valence-corrected chi connectivity index (χ1v) is 5.43. The number of rotatable bonds is 4. The van der Waals surface area contributed by atoms with Gasteiger partial charge in [0.15, 0.2) is 0 Å². The van der Waals surface area contributed by atoms with Gasteiger partial charge < -0.3 is 15.1 Å². The molecule has 1 aromatic carbocycles. The van der Waals surface area contributed by atoms with E-state index in [1.54, 1.807) is 17.2 Å². The summed E-state index contributed by atoms with van der Waals surface area (Å²) in [7, 11) is 1.82. The maximum atomic E-state index is 13.8. The lowest BCUT2D eigenvalue weighted by Crippen LogP contribution is -2.20. The van der Waals surface area contributed by atoms with Crippen molar-refractivity contribution in [2.75, 3.05) is 11.9 Å². The van der Waals surface area contributed by atoms with Gasteiger partial charge in [0, 0.05) is 13.6 Å². The normalized spacial score (nSPS) is 10.5. The van der Waals surface area contributed by atoms with Crippen LogP contribution in [0, 0.1) is 5.82 Å². The van der Waals surface area contributed by atoms with Gasteiger partial charge in [-0.15, -0.1) is 0 Å². The Labute approximate surface area is 99.6 Å². The highest BCUT2D eigenvalue weighted by Crippen LogP contribution is 2.24. The molecule has 0 unspecified atom stereocenters. The first-order chi connectivity index (χ1) is 8.22. The standard InChI is InChI=1S/C13H15FN2O/c1-16(9-11-5-3-7-17-11)13-10(8-15)4-2-6-12(13)14/h2-7H,8-9,15H2,1H3. The zero-order chi connectivity index (χ0) is 12.3. The van der Waals surface area contributed by atoms with Gasteiger partial charge in [0.25, 0.3) is 0 Å².